The van der Waals surface area contributed by atoms with E-state index in [1.165, 1.54) is 28.0 Å². The summed E-state index contributed by atoms with van der Waals surface area (Å²) in [5.74, 6) is 3.24. The number of rotatable bonds is 3. The Kier molecular flexibility index (Phi) is 4.12. The van der Waals surface area contributed by atoms with Gasteiger partial charge in [0.15, 0.2) is 0 Å². The van der Waals surface area contributed by atoms with Crippen LogP contribution in [0.3, 0.4) is 0 Å². The van der Waals surface area contributed by atoms with Crippen LogP contribution in [0.15, 0.2) is 28.7 Å². The van der Waals surface area contributed by atoms with Crippen LogP contribution in [0.5, 0.6) is 0 Å². The zero-order valence-electron chi connectivity index (χ0n) is 8.66. The molecule has 1 nitrogen and oxygen atoms in total. The molecule has 0 amide bonds. The number of hydrogen-bond donors (Lipinski definition) is 1. The summed E-state index contributed by atoms with van der Waals surface area (Å²) in [5, 5.41) is 0. The maximum atomic E-state index is 6.25. The Morgan fingerprint density at radius 2 is 2.27 bits per heavy atom. The van der Waals surface area contributed by atoms with E-state index < -0.39 is 0 Å². The van der Waals surface area contributed by atoms with Gasteiger partial charge in [-0.1, -0.05) is 34.1 Å². The van der Waals surface area contributed by atoms with Crippen molar-refractivity contribution in [2.75, 3.05) is 11.5 Å². The standard InChI is InChI=1S/C12H16BrNS/c13-11-4-2-1-3-9(11)7-12(14)10-5-6-15-8-10/h1-4,10,12H,5-8,14H2. The minimum absolute atomic E-state index is 0.318. The van der Waals surface area contributed by atoms with E-state index in [1.54, 1.807) is 0 Å². The molecule has 1 aliphatic rings. The topological polar surface area (TPSA) is 26.0 Å². The van der Waals surface area contributed by atoms with Crippen LogP contribution in [0.2, 0.25) is 0 Å². The van der Waals surface area contributed by atoms with E-state index in [1.807, 2.05) is 17.8 Å². The normalized spacial score (nSPS) is 22.9. The minimum atomic E-state index is 0.318. The monoisotopic (exact) mass is 285 g/mol. The molecule has 1 aromatic carbocycles. The number of nitrogens with two attached hydrogens (primary N) is 1. The second kappa shape index (κ2) is 5.37. The van der Waals surface area contributed by atoms with Crippen molar-refractivity contribution in [1.82, 2.24) is 0 Å². The van der Waals surface area contributed by atoms with Gasteiger partial charge in [-0.3, -0.25) is 0 Å². The van der Waals surface area contributed by atoms with E-state index in [2.05, 4.69) is 34.1 Å². The summed E-state index contributed by atoms with van der Waals surface area (Å²) in [7, 11) is 0. The number of benzene rings is 1. The van der Waals surface area contributed by atoms with Gasteiger partial charge in [-0.15, -0.1) is 0 Å². The van der Waals surface area contributed by atoms with E-state index in [4.69, 9.17) is 5.73 Å². The summed E-state index contributed by atoms with van der Waals surface area (Å²) in [5.41, 5.74) is 7.58. The van der Waals surface area contributed by atoms with Gasteiger partial charge in [-0.05, 0) is 41.9 Å². The maximum absolute atomic E-state index is 6.25. The van der Waals surface area contributed by atoms with E-state index in [9.17, 15) is 0 Å². The summed E-state index contributed by atoms with van der Waals surface area (Å²) in [6.45, 7) is 0. The van der Waals surface area contributed by atoms with Gasteiger partial charge < -0.3 is 5.73 Å². The first kappa shape index (κ1) is 11.5. The van der Waals surface area contributed by atoms with Gasteiger partial charge in [0.2, 0.25) is 0 Å². The van der Waals surface area contributed by atoms with Gasteiger partial charge in [0.25, 0.3) is 0 Å². The van der Waals surface area contributed by atoms with Crippen molar-refractivity contribution < 1.29 is 0 Å². The van der Waals surface area contributed by atoms with Crippen LogP contribution in [-0.2, 0) is 6.42 Å². The third-order valence-electron chi connectivity index (χ3n) is 2.98. The maximum Gasteiger partial charge on any atom is 0.0207 e. The van der Waals surface area contributed by atoms with Crippen molar-refractivity contribution in [3.8, 4) is 0 Å². The van der Waals surface area contributed by atoms with Gasteiger partial charge >= 0.3 is 0 Å². The molecule has 0 bridgehead atoms. The molecule has 1 aromatic rings. The molecular weight excluding hydrogens is 270 g/mol. The molecule has 0 aromatic heterocycles. The number of hydrogen-bond acceptors (Lipinski definition) is 2. The molecule has 2 atom stereocenters. The molecule has 1 saturated heterocycles. The highest BCUT2D eigenvalue weighted by Crippen LogP contribution is 2.28. The quantitative estimate of drug-likeness (QED) is 0.924. The van der Waals surface area contributed by atoms with Crippen LogP contribution < -0.4 is 5.73 Å². The summed E-state index contributed by atoms with van der Waals surface area (Å²) in [6.07, 6.45) is 2.28. The smallest absolute Gasteiger partial charge is 0.0207 e. The van der Waals surface area contributed by atoms with Gasteiger partial charge in [-0.2, -0.15) is 11.8 Å². The van der Waals surface area contributed by atoms with Crippen LogP contribution >= 0.6 is 27.7 Å². The Morgan fingerprint density at radius 3 is 2.93 bits per heavy atom. The van der Waals surface area contributed by atoms with Crippen LogP contribution in [0.25, 0.3) is 0 Å². The lowest BCUT2D eigenvalue weighted by Crippen LogP contribution is -2.32. The van der Waals surface area contributed by atoms with Gasteiger partial charge in [-0.25, -0.2) is 0 Å². The van der Waals surface area contributed by atoms with Crippen molar-refractivity contribution >= 4 is 27.7 Å². The predicted molar refractivity (Wildman–Crippen MR) is 71.3 cm³/mol. The fraction of sp³-hybridized carbons (Fsp3) is 0.500. The van der Waals surface area contributed by atoms with Crippen molar-refractivity contribution in [2.24, 2.45) is 11.7 Å². The fourth-order valence-corrected chi connectivity index (χ4v) is 3.77. The van der Waals surface area contributed by atoms with Crippen LogP contribution in [0.1, 0.15) is 12.0 Å². The minimum Gasteiger partial charge on any atom is -0.327 e. The number of thioether (sulfide) groups is 1. The molecule has 15 heavy (non-hydrogen) atoms. The van der Waals surface area contributed by atoms with Crippen molar-refractivity contribution in [3.05, 3.63) is 34.3 Å². The molecule has 2 unspecified atom stereocenters. The molecule has 0 radical (unpaired) electrons. The molecule has 2 N–H and O–H groups in total. The zero-order valence-corrected chi connectivity index (χ0v) is 11.1. The Balaban J connectivity index is 1.99. The van der Waals surface area contributed by atoms with Crippen molar-refractivity contribution in [2.45, 2.75) is 18.9 Å². The molecule has 1 fully saturated rings. The highest BCUT2D eigenvalue weighted by Gasteiger charge is 2.22. The summed E-state index contributed by atoms with van der Waals surface area (Å²) < 4.78 is 1.19. The number of halogens is 1. The highest BCUT2D eigenvalue weighted by atomic mass is 79.9. The van der Waals surface area contributed by atoms with Gasteiger partial charge in [0.1, 0.15) is 0 Å². The molecule has 0 saturated carbocycles. The van der Waals surface area contributed by atoms with Crippen molar-refractivity contribution in [1.29, 1.82) is 0 Å². The van der Waals surface area contributed by atoms with Crippen LogP contribution in [0, 0.1) is 5.92 Å². The first-order chi connectivity index (χ1) is 7.27. The van der Waals surface area contributed by atoms with E-state index >= 15 is 0 Å². The molecule has 3 heteroatoms. The zero-order chi connectivity index (χ0) is 10.7. The lowest BCUT2D eigenvalue weighted by atomic mass is 9.94. The molecule has 2 rings (SSSR count). The Hall–Kier alpha value is 0.01000. The molecule has 1 aliphatic heterocycles. The SMILES string of the molecule is NC(Cc1ccccc1Br)C1CCSC1. The van der Waals surface area contributed by atoms with Gasteiger partial charge in [0, 0.05) is 10.5 Å². The van der Waals surface area contributed by atoms with E-state index in [-0.39, 0.29) is 0 Å². The van der Waals surface area contributed by atoms with E-state index in [0.29, 0.717) is 12.0 Å². The summed E-state index contributed by atoms with van der Waals surface area (Å²) in [4.78, 5) is 0. The average Bonchev–Trinajstić information content (AvgIpc) is 2.74. The predicted octanol–water partition coefficient (Wildman–Crippen LogP) is 3.07. The van der Waals surface area contributed by atoms with Crippen LogP contribution in [-0.4, -0.2) is 17.5 Å². The summed E-state index contributed by atoms with van der Waals surface area (Å²) in [6, 6.07) is 8.69. The highest BCUT2D eigenvalue weighted by molar-refractivity contribution is 9.10. The average molecular weight is 286 g/mol. The Labute approximate surface area is 104 Å². The summed E-state index contributed by atoms with van der Waals surface area (Å²) >= 11 is 5.61. The molecule has 0 spiro atoms. The van der Waals surface area contributed by atoms with Crippen molar-refractivity contribution in [3.63, 3.8) is 0 Å². The molecular formula is C12H16BrNS. The third kappa shape index (κ3) is 2.99. The van der Waals surface area contributed by atoms with E-state index in [0.717, 1.165) is 6.42 Å². The third-order valence-corrected chi connectivity index (χ3v) is 4.95. The molecule has 82 valence electrons. The first-order valence-electron chi connectivity index (χ1n) is 5.34. The Morgan fingerprint density at radius 1 is 1.47 bits per heavy atom. The largest absolute Gasteiger partial charge is 0.327 e. The fourth-order valence-electron chi connectivity index (χ4n) is 1.97. The lowest BCUT2D eigenvalue weighted by molar-refractivity contribution is 0.462. The first-order valence-corrected chi connectivity index (χ1v) is 7.29. The second-order valence-corrected chi connectivity index (χ2v) is 6.09. The second-order valence-electron chi connectivity index (χ2n) is 4.08. The molecule has 1 heterocycles. The lowest BCUT2D eigenvalue weighted by Gasteiger charge is -2.18. The molecule has 0 aliphatic carbocycles. The van der Waals surface area contributed by atoms with Gasteiger partial charge in [0.05, 0.1) is 0 Å². The van der Waals surface area contributed by atoms with Crippen LogP contribution in [0.4, 0.5) is 0 Å². The Bertz CT molecular complexity index is 323.